The van der Waals surface area contributed by atoms with Gasteiger partial charge in [-0.15, -0.1) is 11.3 Å². The van der Waals surface area contributed by atoms with Crippen LogP contribution in [0, 0.1) is 0 Å². The predicted molar refractivity (Wildman–Crippen MR) is 117 cm³/mol. The zero-order chi connectivity index (χ0) is 18.9. The molecule has 0 unspecified atom stereocenters. The van der Waals surface area contributed by atoms with E-state index in [0.717, 1.165) is 31.4 Å². The minimum absolute atomic E-state index is 0.403. The second kappa shape index (κ2) is 7.46. The summed E-state index contributed by atoms with van der Waals surface area (Å²) < 4.78 is 1.27. The first kappa shape index (κ1) is 17.5. The number of hydrogen-bond acceptors (Lipinski definition) is 4. The molecule has 0 saturated carbocycles. The molecule has 0 N–H and O–H groups in total. The van der Waals surface area contributed by atoms with Gasteiger partial charge in [0.25, 0.3) is 0 Å². The van der Waals surface area contributed by atoms with Crippen LogP contribution < -0.4 is 0 Å². The summed E-state index contributed by atoms with van der Waals surface area (Å²) >= 11 is 1.71. The molecule has 1 atom stereocenters. The molecule has 2 aromatic carbocycles. The molecular formula is C24H23N3S. The summed E-state index contributed by atoms with van der Waals surface area (Å²) in [5.74, 6) is 0. The highest BCUT2D eigenvalue weighted by molar-refractivity contribution is 7.16. The number of rotatable bonds is 3. The van der Waals surface area contributed by atoms with Crippen molar-refractivity contribution in [2.24, 2.45) is 0 Å². The van der Waals surface area contributed by atoms with E-state index in [0.29, 0.717) is 6.04 Å². The molecule has 28 heavy (non-hydrogen) atoms. The Kier molecular flexibility index (Phi) is 4.67. The van der Waals surface area contributed by atoms with Gasteiger partial charge in [-0.1, -0.05) is 24.3 Å². The second-order valence-corrected chi connectivity index (χ2v) is 8.40. The number of nitrogens with zero attached hydrogens (tertiary/aromatic N) is 3. The molecule has 1 aliphatic heterocycles. The number of thiazole rings is 1. The summed E-state index contributed by atoms with van der Waals surface area (Å²) in [6, 6.07) is 18.3. The first-order chi connectivity index (χ1) is 13.8. The largest absolute Gasteiger partial charge is 0.296 e. The molecule has 0 amide bonds. The highest BCUT2D eigenvalue weighted by Gasteiger charge is 2.20. The van der Waals surface area contributed by atoms with E-state index in [1.807, 2.05) is 17.9 Å². The summed E-state index contributed by atoms with van der Waals surface area (Å²) in [6.45, 7) is 4.51. The van der Waals surface area contributed by atoms with Crippen molar-refractivity contribution in [2.45, 2.75) is 25.8 Å². The van der Waals surface area contributed by atoms with E-state index >= 15 is 0 Å². The van der Waals surface area contributed by atoms with E-state index in [9.17, 15) is 0 Å². The van der Waals surface area contributed by atoms with Crippen LogP contribution in [0.15, 0.2) is 66.4 Å². The van der Waals surface area contributed by atoms with Gasteiger partial charge in [0, 0.05) is 31.5 Å². The third kappa shape index (κ3) is 3.34. The smallest absolute Gasteiger partial charge is 0.0815 e. The molecule has 4 heteroatoms. The standard InChI is InChI=1S/C24H23N3S/c1-17(20-4-5-24-23(15-20)26-16-28-24)27-12-8-18-2-3-21(14-22(18)9-13-27)19-6-10-25-11-7-19/h2-7,10-11,14-17H,8-9,12-13H2,1H3/t17-/m0/s1. The first-order valence-electron chi connectivity index (χ1n) is 9.87. The van der Waals surface area contributed by atoms with Gasteiger partial charge in [0.1, 0.15) is 0 Å². The number of hydrogen-bond donors (Lipinski definition) is 0. The van der Waals surface area contributed by atoms with Crippen molar-refractivity contribution in [3.05, 3.63) is 83.1 Å². The molecule has 3 nitrogen and oxygen atoms in total. The molecule has 4 aromatic rings. The maximum absolute atomic E-state index is 4.49. The Morgan fingerprint density at radius 3 is 2.57 bits per heavy atom. The Balaban J connectivity index is 1.37. The van der Waals surface area contributed by atoms with Crippen molar-refractivity contribution in [1.29, 1.82) is 0 Å². The molecule has 0 bridgehead atoms. The van der Waals surface area contributed by atoms with E-state index in [-0.39, 0.29) is 0 Å². The fourth-order valence-electron chi connectivity index (χ4n) is 4.20. The molecule has 3 heterocycles. The van der Waals surface area contributed by atoms with Gasteiger partial charge in [0.2, 0.25) is 0 Å². The van der Waals surface area contributed by atoms with Crippen molar-refractivity contribution in [3.63, 3.8) is 0 Å². The molecule has 0 spiro atoms. The van der Waals surface area contributed by atoms with Crippen LogP contribution in [0.2, 0.25) is 0 Å². The topological polar surface area (TPSA) is 29.0 Å². The normalized spacial score (nSPS) is 15.9. The monoisotopic (exact) mass is 385 g/mol. The summed E-state index contributed by atoms with van der Waals surface area (Å²) in [4.78, 5) is 11.2. The van der Waals surface area contributed by atoms with Gasteiger partial charge in [-0.2, -0.15) is 0 Å². The predicted octanol–water partition coefficient (Wildman–Crippen LogP) is 5.52. The molecule has 0 saturated heterocycles. The summed E-state index contributed by atoms with van der Waals surface area (Å²) in [5, 5.41) is 0. The number of fused-ring (bicyclic) bond motifs is 2. The minimum atomic E-state index is 0.403. The van der Waals surface area contributed by atoms with Crippen molar-refractivity contribution in [2.75, 3.05) is 13.1 Å². The number of pyridine rings is 1. The van der Waals surface area contributed by atoms with Crippen molar-refractivity contribution >= 4 is 21.6 Å². The minimum Gasteiger partial charge on any atom is -0.296 e. The quantitative estimate of drug-likeness (QED) is 0.465. The lowest BCUT2D eigenvalue weighted by Crippen LogP contribution is -2.29. The Labute approximate surface area is 169 Å². The molecular weight excluding hydrogens is 362 g/mol. The molecule has 5 rings (SSSR count). The number of aromatic nitrogens is 2. The first-order valence-corrected chi connectivity index (χ1v) is 10.8. The Bertz CT molecular complexity index is 1100. The Morgan fingerprint density at radius 2 is 1.71 bits per heavy atom. The van der Waals surface area contributed by atoms with E-state index in [4.69, 9.17) is 0 Å². The van der Waals surface area contributed by atoms with Crippen LogP contribution >= 0.6 is 11.3 Å². The summed E-state index contributed by atoms with van der Waals surface area (Å²) in [6.07, 6.45) is 5.93. The average molecular weight is 386 g/mol. The van der Waals surface area contributed by atoms with Gasteiger partial charge in [-0.3, -0.25) is 9.88 Å². The maximum atomic E-state index is 4.49. The van der Waals surface area contributed by atoms with Crippen molar-refractivity contribution in [3.8, 4) is 11.1 Å². The molecule has 0 aliphatic carbocycles. The molecule has 2 aromatic heterocycles. The van der Waals surface area contributed by atoms with E-state index in [2.05, 4.69) is 70.3 Å². The zero-order valence-corrected chi connectivity index (χ0v) is 16.8. The molecule has 0 radical (unpaired) electrons. The highest BCUT2D eigenvalue weighted by Crippen LogP contribution is 2.29. The fraction of sp³-hybridized carbons (Fsp3) is 0.250. The highest BCUT2D eigenvalue weighted by atomic mass is 32.1. The van der Waals surface area contributed by atoms with Crippen molar-refractivity contribution < 1.29 is 0 Å². The van der Waals surface area contributed by atoms with Gasteiger partial charge in [0.15, 0.2) is 0 Å². The van der Waals surface area contributed by atoms with Gasteiger partial charge < -0.3 is 0 Å². The lowest BCUT2D eigenvalue weighted by Gasteiger charge is -2.28. The van der Waals surface area contributed by atoms with E-state index in [1.165, 1.54) is 32.5 Å². The number of benzene rings is 2. The summed E-state index contributed by atoms with van der Waals surface area (Å²) in [5.41, 5.74) is 9.92. The lowest BCUT2D eigenvalue weighted by molar-refractivity contribution is 0.221. The van der Waals surface area contributed by atoms with E-state index < -0.39 is 0 Å². The Hall–Kier alpha value is -2.56. The zero-order valence-electron chi connectivity index (χ0n) is 16.0. The molecule has 1 aliphatic rings. The van der Waals surface area contributed by atoms with Crippen LogP contribution in [0.5, 0.6) is 0 Å². The van der Waals surface area contributed by atoms with Crippen LogP contribution in [-0.4, -0.2) is 28.0 Å². The average Bonchev–Trinajstić information content (AvgIpc) is 3.12. The van der Waals surface area contributed by atoms with Crippen LogP contribution in [0.1, 0.15) is 29.7 Å². The Morgan fingerprint density at radius 1 is 0.893 bits per heavy atom. The third-order valence-electron chi connectivity index (χ3n) is 5.94. The SMILES string of the molecule is C[C@@H](c1ccc2scnc2c1)N1CCc2ccc(-c3ccncc3)cc2CC1. The van der Waals surface area contributed by atoms with Gasteiger partial charge in [-0.25, -0.2) is 4.98 Å². The molecule has 0 fully saturated rings. The fourth-order valence-corrected chi connectivity index (χ4v) is 4.86. The maximum Gasteiger partial charge on any atom is 0.0815 e. The second-order valence-electron chi connectivity index (χ2n) is 7.51. The summed E-state index contributed by atoms with van der Waals surface area (Å²) in [7, 11) is 0. The molecule has 140 valence electrons. The van der Waals surface area contributed by atoms with Crippen LogP contribution in [0.3, 0.4) is 0 Å². The van der Waals surface area contributed by atoms with Crippen LogP contribution in [0.4, 0.5) is 0 Å². The van der Waals surface area contributed by atoms with Gasteiger partial charge in [0.05, 0.1) is 15.7 Å². The van der Waals surface area contributed by atoms with Gasteiger partial charge >= 0.3 is 0 Å². The van der Waals surface area contributed by atoms with Crippen LogP contribution in [-0.2, 0) is 12.8 Å². The third-order valence-corrected chi connectivity index (χ3v) is 6.75. The van der Waals surface area contributed by atoms with Gasteiger partial charge in [-0.05, 0) is 71.8 Å². The van der Waals surface area contributed by atoms with Crippen molar-refractivity contribution in [1.82, 2.24) is 14.9 Å². The lowest BCUT2D eigenvalue weighted by atomic mass is 9.97. The van der Waals surface area contributed by atoms with E-state index in [1.54, 1.807) is 11.3 Å². The van der Waals surface area contributed by atoms with Crippen LogP contribution in [0.25, 0.3) is 21.3 Å².